The van der Waals surface area contributed by atoms with Crippen LogP contribution in [0.1, 0.15) is 25.0 Å². The molecule has 0 bridgehead atoms. The second-order valence-electron chi connectivity index (χ2n) is 5.98. The van der Waals surface area contributed by atoms with Crippen LogP contribution in [0.2, 0.25) is 0 Å². The van der Waals surface area contributed by atoms with Crippen LogP contribution in [-0.4, -0.2) is 33.3 Å². The first-order valence-corrected chi connectivity index (χ1v) is 9.10. The molecule has 154 valence electrons. The van der Waals surface area contributed by atoms with E-state index in [-0.39, 0.29) is 24.0 Å². The minimum atomic E-state index is 0. The molecule has 0 spiro atoms. The number of benzene rings is 2. The molecule has 0 atom stereocenters. The Hall–Kier alpha value is -2.16. The van der Waals surface area contributed by atoms with Gasteiger partial charge in [-0.2, -0.15) is 0 Å². The first-order chi connectivity index (χ1) is 13.1. The number of nitrogens with zero attached hydrogens (tertiary/aromatic N) is 1. The van der Waals surface area contributed by atoms with Crippen LogP contribution >= 0.6 is 24.0 Å². The minimum absolute atomic E-state index is 0. The molecule has 0 amide bonds. The highest BCUT2D eigenvalue weighted by Crippen LogP contribution is 2.30. The summed E-state index contributed by atoms with van der Waals surface area (Å²) < 4.78 is 16.3. The van der Waals surface area contributed by atoms with Crippen LogP contribution in [0.25, 0.3) is 0 Å². The topological polar surface area (TPSA) is 64.1 Å². The van der Waals surface area contributed by atoms with Crippen LogP contribution in [0.4, 0.5) is 5.69 Å². The molecule has 0 fully saturated rings. The van der Waals surface area contributed by atoms with Gasteiger partial charge in [-0.25, -0.2) is 4.99 Å². The van der Waals surface area contributed by atoms with Gasteiger partial charge in [0, 0.05) is 18.3 Å². The second kappa shape index (κ2) is 12.3. The van der Waals surface area contributed by atoms with Gasteiger partial charge in [0.05, 0.1) is 27.4 Å². The smallest absolute Gasteiger partial charge is 0.196 e. The number of hydrogen-bond donors (Lipinski definition) is 2. The lowest BCUT2D eigenvalue weighted by molar-refractivity contribution is 0.311. The molecule has 0 unspecified atom stereocenters. The first kappa shape index (κ1) is 23.9. The Balaban J connectivity index is 0.00000392. The summed E-state index contributed by atoms with van der Waals surface area (Å²) in [5, 5.41) is 6.57. The third kappa shape index (κ3) is 7.10. The van der Waals surface area contributed by atoms with Gasteiger partial charge >= 0.3 is 0 Å². The Kier molecular flexibility index (Phi) is 10.5. The van der Waals surface area contributed by atoms with E-state index in [4.69, 9.17) is 14.2 Å². The van der Waals surface area contributed by atoms with Gasteiger partial charge in [-0.1, -0.05) is 6.07 Å². The fourth-order valence-electron chi connectivity index (χ4n) is 2.67. The van der Waals surface area contributed by atoms with E-state index in [1.807, 2.05) is 51.1 Å². The third-order valence-corrected chi connectivity index (χ3v) is 3.84. The quantitative estimate of drug-likeness (QED) is 0.316. The van der Waals surface area contributed by atoms with Crippen molar-refractivity contribution in [1.82, 2.24) is 5.32 Å². The predicted molar refractivity (Wildman–Crippen MR) is 126 cm³/mol. The zero-order valence-corrected chi connectivity index (χ0v) is 19.5. The Labute approximate surface area is 184 Å². The summed E-state index contributed by atoms with van der Waals surface area (Å²) in [5.41, 5.74) is 3.11. The maximum atomic E-state index is 5.56. The fourth-order valence-corrected chi connectivity index (χ4v) is 2.67. The molecule has 28 heavy (non-hydrogen) atoms. The number of aliphatic imine (C=N–C) groups is 1. The van der Waals surface area contributed by atoms with Gasteiger partial charge in [-0.15, -0.1) is 24.0 Å². The fraction of sp³-hybridized carbons (Fsp3) is 0.381. The lowest BCUT2D eigenvalue weighted by Gasteiger charge is -2.14. The number of guanidine groups is 1. The van der Waals surface area contributed by atoms with Crippen LogP contribution < -0.4 is 24.8 Å². The number of nitrogens with one attached hydrogen (secondary N) is 2. The molecule has 0 aromatic heterocycles. The van der Waals surface area contributed by atoms with E-state index in [2.05, 4.69) is 21.7 Å². The van der Waals surface area contributed by atoms with Crippen molar-refractivity contribution in [2.45, 2.75) is 27.3 Å². The summed E-state index contributed by atoms with van der Waals surface area (Å²) in [4.78, 5) is 4.68. The summed E-state index contributed by atoms with van der Waals surface area (Å²) in [6.45, 7) is 7.92. The van der Waals surface area contributed by atoms with Gasteiger partial charge in [0.1, 0.15) is 5.75 Å². The van der Waals surface area contributed by atoms with Gasteiger partial charge in [0.25, 0.3) is 0 Å². The Morgan fingerprint density at radius 1 is 1.00 bits per heavy atom. The Morgan fingerprint density at radius 3 is 2.43 bits per heavy atom. The standard InChI is InChI=1S/C21H29N3O3.HI/c1-6-22-21(23-14-16-10-15(3)11-18(12-16)25-4)24-17-8-9-19(27-7-2)20(13-17)26-5;/h8-13H,6-7,14H2,1-5H3,(H2,22,23,24);1H. The highest BCUT2D eigenvalue weighted by atomic mass is 127. The molecule has 2 N–H and O–H groups in total. The van der Waals surface area contributed by atoms with Gasteiger partial charge in [0.2, 0.25) is 0 Å². The van der Waals surface area contributed by atoms with Crippen molar-refractivity contribution in [2.75, 3.05) is 32.7 Å². The van der Waals surface area contributed by atoms with E-state index in [1.54, 1.807) is 14.2 Å². The predicted octanol–water partition coefficient (Wildman–Crippen LogP) is 4.61. The largest absolute Gasteiger partial charge is 0.497 e. The number of rotatable bonds is 8. The van der Waals surface area contributed by atoms with Gasteiger partial charge in [-0.3, -0.25) is 0 Å². The van der Waals surface area contributed by atoms with E-state index in [9.17, 15) is 0 Å². The summed E-state index contributed by atoms with van der Waals surface area (Å²) in [6, 6.07) is 11.8. The minimum Gasteiger partial charge on any atom is -0.497 e. The molecule has 0 aliphatic carbocycles. The van der Waals surface area contributed by atoms with Crippen LogP contribution in [-0.2, 0) is 6.54 Å². The zero-order valence-electron chi connectivity index (χ0n) is 17.2. The van der Waals surface area contributed by atoms with Crippen molar-refractivity contribution < 1.29 is 14.2 Å². The number of hydrogen-bond acceptors (Lipinski definition) is 4. The first-order valence-electron chi connectivity index (χ1n) is 9.10. The number of halogens is 1. The number of anilines is 1. The molecule has 2 aromatic rings. The SMILES string of the molecule is CCNC(=NCc1cc(C)cc(OC)c1)Nc1ccc(OCC)c(OC)c1.I. The summed E-state index contributed by atoms with van der Waals surface area (Å²) in [7, 11) is 3.30. The molecular formula is C21H30IN3O3. The second-order valence-corrected chi connectivity index (χ2v) is 5.98. The van der Waals surface area contributed by atoms with Gasteiger partial charge in [0.15, 0.2) is 17.5 Å². The van der Waals surface area contributed by atoms with Gasteiger partial charge < -0.3 is 24.8 Å². The highest BCUT2D eigenvalue weighted by Gasteiger charge is 2.07. The highest BCUT2D eigenvalue weighted by molar-refractivity contribution is 14.0. The monoisotopic (exact) mass is 499 g/mol. The molecule has 2 rings (SSSR count). The van der Waals surface area contributed by atoms with Crippen molar-refractivity contribution in [1.29, 1.82) is 0 Å². The number of ether oxygens (including phenoxy) is 3. The van der Waals surface area contributed by atoms with Crippen LogP contribution in [0.3, 0.4) is 0 Å². The molecular weight excluding hydrogens is 469 g/mol. The van der Waals surface area contributed by atoms with Crippen molar-refractivity contribution in [2.24, 2.45) is 4.99 Å². The van der Waals surface area contributed by atoms with Crippen molar-refractivity contribution in [3.63, 3.8) is 0 Å². The summed E-state index contributed by atoms with van der Waals surface area (Å²) in [5.74, 6) is 2.94. The maximum absolute atomic E-state index is 5.56. The van der Waals surface area contributed by atoms with E-state index in [0.717, 1.165) is 34.9 Å². The van der Waals surface area contributed by atoms with Crippen molar-refractivity contribution in [3.8, 4) is 17.2 Å². The zero-order chi connectivity index (χ0) is 19.6. The molecule has 0 heterocycles. The molecule has 0 saturated carbocycles. The molecule has 0 saturated heterocycles. The number of aryl methyl sites for hydroxylation is 1. The molecule has 6 nitrogen and oxygen atoms in total. The van der Waals surface area contributed by atoms with Crippen molar-refractivity contribution in [3.05, 3.63) is 47.5 Å². The van der Waals surface area contributed by atoms with Crippen LogP contribution in [0.15, 0.2) is 41.4 Å². The van der Waals surface area contributed by atoms with Crippen molar-refractivity contribution >= 4 is 35.6 Å². The Bertz CT molecular complexity index is 781. The molecule has 0 radical (unpaired) electrons. The normalized spacial score (nSPS) is 10.7. The average molecular weight is 499 g/mol. The summed E-state index contributed by atoms with van der Waals surface area (Å²) in [6.07, 6.45) is 0. The molecule has 7 heteroatoms. The maximum Gasteiger partial charge on any atom is 0.196 e. The lowest BCUT2D eigenvalue weighted by atomic mass is 10.1. The summed E-state index contributed by atoms with van der Waals surface area (Å²) >= 11 is 0. The lowest BCUT2D eigenvalue weighted by Crippen LogP contribution is -2.30. The van der Waals surface area contributed by atoms with Crippen LogP contribution in [0.5, 0.6) is 17.2 Å². The van der Waals surface area contributed by atoms with Crippen LogP contribution in [0, 0.1) is 6.92 Å². The number of methoxy groups -OCH3 is 2. The van der Waals surface area contributed by atoms with E-state index < -0.39 is 0 Å². The third-order valence-electron chi connectivity index (χ3n) is 3.84. The molecule has 2 aromatic carbocycles. The van der Waals surface area contributed by atoms with E-state index in [0.29, 0.717) is 24.9 Å². The van der Waals surface area contributed by atoms with E-state index in [1.165, 1.54) is 0 Å². The van der Waals surface area contributed by atoms with Gasteiger partial charge in [-0.05, 0) is 56.2 Å². The van der Waals surface area contributed by atoms with E-state index >= 15 is 0 Å². The average Bonchev–Trinajstić information content (AvgIpc) is 2.67. The molecule has 0 aliphatic rings. The Morgan fingerprint density at radius 2 is 1.79 bits per heavy atom. The molecule has 0 aliphatic heterocycles.